The van der Waals surface area contributed by atoms with Gasteiger partial charge < -0.3 is 20.5 Å². The number of benzene rings is 1. The zero-order chi connectivity index (χ0) is 19.7. The van der Waals surface area contributed by atoms with E-state index in [2.05, 4.69) is 41.3 Å². The molecule has 3 N–H and O–H groups in total. The maximum atomic E-state index is 10.8. The summed E-state index contributed by atoms with van der Waals surface area (Å²) < 4.78 is 5.49. The van der Waals surface area contributed by atoms with Gasteiger partial charge in [0, 0.05) is 32.2 Å². The van der Waals surface area contributed by atoms with Crippen LogP contribution in [0.3, 0.4) is 0 Å². The van der Waals surface area contributed by atoms with Gasteiger partial charge in [-0.25, -0.2) is 4.99 Å². The summed E-state index contributed by atoms with van der Waals surface area (Å²) in [5.41, 5.74) is -0.122. The van der Waals surface area contributed by atoms with E-state index in [0.29, 0.717) is 18.5 Å². The lowest BCUT2D eigenvalue weighted by atomic mass is 9.96. The van der Waals surface area contributed by atoms with Crippen LogP contribution >= 0.6 is 0 Å². The van der Waals surface area contributed by atoms with E-state index in [1.165, 1.54) is 0 Å². The predicted octanol–water partition coefficient (Wildman–Crippen LogP) is 1.81. The van der Waals surface area contributed by atoms with Crippen molar-refractivity contribution >= 4 is 5.96 Å². The fraction of sp³-hybridized carbons (Fsp3) is 0.667. The van der Waals surface area contributed by atoms with Gasteiger partial charge in [-0.1, -0.05) is 44.2 Å². The van der Waals surface area contributed by atoms with Crippen LogP contribution in [0.1, 0.15) is 33.3 Å². The molecule has 0 amide bonds. The van der Waals surface area contributed by atoms with Crippen molar-refractivity contribution in [1.29, 1.82) is 0 Å². The second-order valence-corrected chi connectivity index (χ2v) is 7.68. The fourth-order valence-electron chi connectivity index (χ4n) is 3.36. The minimum atomic E-state index is -0.995. The summed E-state index contributed by atoms with van der Waals surface area (Å²) in [5, 5.41) is 17.5. The van der Waals surface area contributed by atoms with Crippen LogP contribution in [0, 0.1) is 5.92 Å². The summed E-state index contributed by atoms with van der Waals surface area (Å²) in [7, 11) is 0. The third-order valence-corrected chi connectivity index (χ3v) is 5.05. The molecule has 152 valence electrons. The van der Waals surface area contributed by atoms with Crippen LogP contribution < -0.4 is 10.6 Å². The van der Waals surface area contributed by atoms with Crippen LogP contribution in [-0.2, 0) is 10.3 Å². The Morgan fingerprint density at radius 2 is 1.89 bits per heavy atom. The van der Waals surface area contributed by atoms with E-state index in [-0.39, 0.29) is 0 Å². The summed E-state index contributed by atoms with van der Waals surface area (Å²) >= 11 is 0. The van der Waals surface area contributed by atoms with Gasteiger partial charge in [-0.3, -0.25) is 4.90 Å². The number of hydrogen-bond acceptors (Lipinski definition) is 4. The first-order valence-corrected chi connectivity index (χ1v) is 10.1. The van der Waals surface area contributed by atoms with Crippen molar-refractivity contribution in [3.63, 3.8) is 0 Å². The van der Waals surface area contributed by atoms with Crippen molar-refractivity contribution in [1.82, 2.24) is 15.5 Å². The molecule has 0 aromatic heterocycles. The molecule has 1 heterocycles. The number of morpholine rings is 1. The summed E-state index contributed by atoms with van der Waals surface area (Å²) in [6, 6.07) is 10.1. The molecule has 0 spiro atoms. The Hall–Kier alpha value is -1.63. The van der Waals surface area contributed by atoms with E-state index in [1.807, 2.05) is 30.3 Å². The Labute approximate surface area is 164 Å². The molecular formula is C21H36N4O2. The number of aliphatic hydroxyl groups is 1. The van der Waals surface area contributed by atoms with Gasteiger partial charge >= 0.3 is 0 Å². The summed E-state index contributed by atoms with van der Waals surface area (Å²) in [4.78, 5) is 7.13. The molecule has 0 aliphatic carbocycles. The lowest BCUT2D eigenvalue weighted by Crippen LogP contribution is -2.52. The van der Waals surface area contributed by atoms with Crippen molar-refractivity contribution in [3.8, 4) is 0 Å². The topological polar surface area (TPSA) is 69.1 Å². The first kappa shape index (κ1) is 21.7. The van der Waals surface area contributed by atoms with E-state index in [4.69, 9.17) is 4.74 Å². The minimum Gasteiger partial charge on any atom is -0.384 e. The highest BCUT2D eigenvalue weighted by atomic mass is 16.5. The standard InChI is InChI=1S/C21H36N4O2/c1-5-22-20(24-16-21(4,26)18-9-7-6-8-10-18)23-15-19(17(2)3)25-11-13-27-14-12-25/h6-10,17,19,26H,5,11-16H2,1-4H3,(H2,22,23,24). The number of rotatable bonds is 8. The number of guanidine groups is 1. The lowest BCUT2D eigenvalue weighted by Gasteiger charge is -2.37. The predicted molar refractivity (Wildman–Crippen MR) is 111 cm³/mol. The highest BCUT2D eigenvalue weighted by molar-refractivity contribution is 5.79. The lowest BCUT2D eigenvalue weighted by molar-refractivity contribution is 0.00750. The van der Waals surface area contributed by atoms with E-state index < -0.39 is 5.60 Å². The van der Waals surface area contributed by atoms with Crippen LogP contribution in [0.2, 0.25) is 0 Å². The van der Waals surface area contributed by atoms with Crippen molar-refractivity contribution in [2.45, 2.75) is 39.3 Å². The first-order chi connectivity index (χ1) is 12.9. The molecule has 0 bridgehead atoms. The molecule has 1 aliphatic heterocycles. The van der Waals surface area contributed by atoms with E-state index >= 15 is 0 Å². The molecule has 2 unspecified atom stereocenters. The quantitative estimate of drug-likeness (QED) is 0.477. The number of aliphatic imine (C=N–C) groups is 1. The van der Waals surface area contributed by atoms with Crippen LogP contribution in [0.4, 0.5) is 0 Å². The monoisotopic (exact) mass is 376 g/mol. The van der Waals surface area contributed by atoms with E-state index in [0.717, 1.165) is 50.9 Å². The van der Waals surface area contributed by atoms with Gasteiger partial charge in [-0.15, -0.1) is 0 Å². The van der Waals surface area contributed by atoms with E-state index in [9.17, 15) is 5.11 Å². The van der Waals surface area contributed by atoms with Crippen LogP contribution in [-0.4, -0.2) is 67.9 Å². The van der Waals surface area contributed by atoms with Crippen LogP contribution in [0.15, 0.2) is 35.3 Å². The Kier molecular flexibility index (Phi) is 8.54. The molecule has 1 saturated heterocycles. The van der Waals surface area contributed by atoms with Gasteiger partial charge in [0.05, 0.1) is 19.8 Å². The Morgan fingerprint density at radius 1 is 1.22 bits per heavy atom. The van der Waals surface area contributed by atoms with Gasteiger partial charge in [-0.05, 0) is 25.3 Å². The zero-order valence-electron chi connectivity index (χ0n) is 17.2. The number of nitrogens with one attached hydrogen (secondary N) is 2. The fourth-order valence-corrected chi connectivity index (χ4v) is 3.36. The van der Waals surface area contributed by atoms with Crippen molar-refractivity contribution in [2.24, 2.45) is 10.9 Å². The van der Waals surface area contributed by atoms with Crippen LogP contribution in [0.25, 0.3) is 0 Å². The maximum Gasteiger partial charge on any atom is 0.191 e. The van der Waals surface area contributed by atoms with Gasteiger partial charge in [0.2, 0.25) is 0 Å². The average molecular weight is 377 g/mol. The molecule has 6 heteroatoms. The van der Waals surface area contributed by atoms with E-state index in [1.54, 1.807) is 6.92 Å². The normalized spacial score (nSPS) is 19.6. The zero-order valence-corrected chi connectivity index (χ0v) is 17.2. The molecule has 27 heavy (non-hydrogen) atoms. The molecule has 1 aliphatic rings. The van der Waals surface area contributed by atoms with Crippen LogP contribution in [0.5, 0.6) is 0 Å². The Morgan fingerprint density at radius 3 is 2.48 bits per heavy atom. The molecule has 1 aromatic carbocycles. The van der Waals surface area contributed by atoms with Crippen molar-refractivity contribution < 1.29 is 9.84 Å². The summed E-state index contributed by atoms with van der Waals surface area (Å²) in [5.74, 6) is 1.28. The molecule has 1 aromatic rings. The van der Waals surface area contributed by atoms with Crippen molar-refractivity contribution in [3.05, 3.63) is 35.9 Å². The molecular weight excluding hydrogens is 340 g/mol. The Bertz CT molecular complexity index is 569. The van der Waals surface area contributed by atoms with Crippen molar-refractivity contribution in [2.75, 3.05) is 45.9 Å². The smallest absolute Gasteiger partial charge is 0.191 e. The maximum absolute atomic E-state index is 10.8. The SMILES string of the molecule is CCNC(=NCC(C)(O)c1ccccc1)NCC(C(C)C)N1CCOCC1. The van der Waals surface area contributed by atoms with Gasteiger partial charge in [0.1, 0.15) is 5.60 Å². The molecule has 2 rings (SSSR count). The average Bonchev–Trinajstić information content (AvgIpc) is 2.67. The summed E-state index contributed by atoms with van der Waals surface area (Å²) in [6.07, 6.45) is 0. The Balaban J connectivity index is 1.99. The molecule has 2 atom stereocenters. The molecule has 0 saturated carbocycles. The highest BCUT2D eigenvalue weighted by Gasteiger charge is 2.25. The number of hydrogen-bond donors (Lipinski definition) is 3. The summed E-state index contributed by atoms with van der Waals surface area (Å²) in [6.45, 7) is 13.8. The third kappa shape index (κ3) is 6.79. The number of nitrogens with zero attached hydrogens (tertiary/aromatic N) is 2. The van der Waals surface area contributed by atoms with Gasteiger partial charge in [0.25, 0.3) is 0 Å². The minimum absolute atomic E-state index is 0.302. The highest BCUT2D eigenvalue weighted by Crippen LogP contribution is 2.20. The third-order valence-electron chi connectivity index (χ3n) is 5.05. The number of ether oxygens (including phenoxy) is 1. The van der Waals surface area contributed by atoms with Gasteiger partial charge in [0.15, 0.2) is 5.96 Å². The first-order valence-electron chi connectivity index (χ1n) is 10.1. The largest absolute Gasteiger partial charge is 0.384 e. The molecule has 0 radical (unpaired) electrons. The molecule has 6 nitrogen and oxygen atoms in total. The second-order valence-electron chi connectivity index (χ2n) is 7.68. The second kappa shape index (κ2) is 10.6. The van der Waals surface area contributed by atoms with Gasteiger partial charge in [-0.2, -0.15) is 0 Å². The molecule has 1 fully saturated rings.